The zero-order chi connectivity index (χ0) is 14.7. The molecule has 100 valence electrons. The fraction of sp³-hybridized carbons (Fsp3) is 0. The van der Waals surface area contributed by atoms with Gasteiger partial charge in [-0.25, -0.2) is 4.98 Å². The number of H-pyrrole nitrogens is 1. The zero-order valence-electron chi connectivity index (χ0n) is 11.1. The molecular weight excluding hydrogens is 262 g/mol. The van der Waals surface area contributed by atoms with Crippen molar-refractivity contribution in [3.63, 3.8) is 0 Å². The highest BCUT2D eigenvalue weighted by atomic mass is 16.1. The van der Waals surface area contributed by atoms with Crippen molar-refractivity contribution in [3.05, 3.63) is 76.3 Å². The molecular formula is C17H11N3O. The Bertz CT molecular complexity index is 918. The Balaban J connectivity index is 2.17. The minimum Gasteiger partial charge on any atom is -0.305 e. The maximum atomic E-state index is 12.0. The van der Waals surface area contributed by atoms with Gasteiger partial charge in [0.25, 0.3) is 5.56 Å². The summed E-state index contributed by atoms with van der Waals surface area (Å²) < 4.78 is 0. The first kappa shape index (κ1) is 12.8. The number of hydrogen-bond acceptors (Lipinski definition) is 3. The fourth-order valence-corrected chi connectivity index (χ4v) is 2.08. The van der Waals surface area contributed by atoms with Gasteiger partial charge in [-0.2, -0.15) is 5.26 Å². The molecule has 1 N–H and O–H groups in total. The van der Waals surface area contributed by atoms with E-state index in [-0.39, 0.29) is 11.4 Å². The van der Waals surface area contributed by atoms with Gasteiger partial charge in [0.15, 0.2) is 5.82 Å². The van der Waals surface area contributed by atoms with E-state index in [2.05, 4.69) is 16.0 Å². The number of hydrogen-bond donors (Lipinski definition) is 1. The summed E-state index contributed by atoms with van der Waals surface area (Å²) in [6, 6.07) is 18.6. The van der Waals surface area contributed by atoms with Crippen LogP contribution in [0.4, 0.5) is 0 Å². The monoisotopic (exact) mass is 273 g/mol. The molecule has 1 aromatic heterocycles. The first-order chi connectivity index (χ1) is 10.3. The molecule has 1 heterocycles. The standard InChI is InChI=1S/C17H11N3O/c18-11-13(10-12-6-2-1-3-7-12)16-19-15-9-5-4-8-14(15)17(21)20-16/h1-10H,(H,19,20,21). The van der Waals surface area contributed by atoms with Crippen LogP contribution in [0.15, 0.2) is 59.4 Å². The van der Waals surface area contributed by atoms with Gasteiger partial charge in [0, 0.05) is 0 Å². The maximum Gasteiger partial charge on any atom is 0.259 e. The Morgan fingerprint density at radius 3 is 2.57 bits per heavy atom. The van der Waals surface area contributed by atoms with E-state index in [4.69, 9.17) is 0 Å². The number of nitrogens with one attached hydrogen (secondary N) is 1. The second-order valence-corrected chi connectivity index (χ2v) is 4.51. The predicted octanol–water partition coefficient (Wildman–Crippen LogP) is 2.99. The lowest BCUT2D eigenvalue weighted by atomic mass is 10.1. The molecule has 21 heavy (non-hydrogen) atoms. The van der Waals surface area contributed by atoms with Gasteiger partial charge in [0.05, 0.1) is 16.5 Å². The number of nitrogens with zero attached hydrogens (tertiary/aromatic N) is 2. The quantitative estimate of drug-likeness (QED) is 0.730. The van der Waals surface area contributed by atoms with Crippen molar-refractivity contribution < 1.29 is 0 Å². The fourth-order valence-electron chi connectivity index (χ4n) is 2.08. The third-order valence-corrected chi connectivity index (χ3v) is 3.10. The van der Waals surface area contributed by atoms with E-state index in [1.54, 1.807) is 24.3 Å². The van der Waals surface area contributed by atoms with Crippen LogP contribution in [0, 0.1) is 11.3 Å². The first-order valence-corrected chi connectivity index (χ1v) is 6.44. The van der Waals surface area contributed by atoms with Crippen molar-refractivity contribution in [2.75, 3.05) is 0 Å². The minimum atomic E-state index is -0.246. The lowest BCUT2D eigenvalue weighted by molar-refractivity contribution is 1.13. The molecule has 0 spiro atoms. The molecule has 0 aliphatic heterocycles. The number of nitriles is 1. The third kappa shape index (κ3) is 2.58. The molecule has 3 rings (SSSR count). The van der Waals surface area contributed by atoms with Gasteiger partial charge in [-0.15, -0.1) is 0 Å². The highest BCUT2D eigenvalue weighted by Crippen LogP contribution is 2.15. The summed E-state index contributed by atoms with van der Waals surface area (Å²) in [6.07, 6.45) is 1.70. The molecule has 4 nitrogen and oxygen atoms in total. The summed E-state index contributed by atoms with van der Waals surface area (Å²) in [5.74, 6) is 0.282. The summed E-state index contributed by atoms with van der Waals surface area (Å²) in [5.41, 5.74) is 1.53. The molecule has 0 amide bonds. The van der Waals surface area contributed by atoms with E-state index < -0.39 is 0 Å². The molecule has 0 unspecified atom stereocenters. The van der Waals surface area contributed by atoms with Gasteiger partial charge in [-0.05, 0) is 23.8 Å². The Kier molecular flexibility index (Phi) is 3.32. The van der Waals surface area contributed by atoms with Crippen LogP contribution in [-0.4, -0.2) is 9.97 Å². The maximum absolute atomic E-state index is 12.0. The van der Waals surface area contributed by atoms with E-state index >= 15 is 0 Å². The van der Waals surface area contributed by atoms with E-state index in [1.807, 2.05) is 36.4 Å². The molecule has 0 atom stereocenters. The van der Waals surface area contributed by atoms with Crippen LogP contribution in [0.25, 0.3) is 22.6 Å². The van der Waals surface area contributed by atoms with Gasteiger partial charge < -0.3 is 4.98 Å². The van der Waals surface area contributed by atoms with E-state index in [9.17, 15) is 10.1 Å². The Hall–Kier alpha value is -3.19. The Labute approximate surface area is 121 Å². The highest BCUT2D eigenvalue weighted by molar-refractivity contribution is 5.89. The summed E-state index contributed by atoms with van der Waals surface area (Å²) >= 11 is 0. The van der Waals surface area contributed by atoms with Crippen LogP contribution < -0.4 is 5.56 Å². The minimum absolute atomic E-state index is 0.246. The molecule has 2 aromatic carbocycles. The van der Waals surface area contributed by atoms with Crippen LogP contribution in [0.5, 0.6) is 0 Å². The van der Waals surface area contributed by atoms with Crippen LogP contribution in [-0.2, 0) is 0 Å². The number of para-hydroxylation sites is 1. The molecule has 0 bridgehead atoms. The number of benzene rings is 2. The van der Waals surface area contributed by atoms with Crippen molar-refractivity contribution in [1.82, 2.24) is 9.97 Å². The summed E-state index contributed by atoms with van der Waals surface area (Å²) in [4.78, 5) is 19.1. The second kappa shape index (κ2) is 5.43. The molecule has 0 fully saturated rings. The van der Waals surface area contributed by atoms with Crippen LogP contribution in [0.1, 0.15) is 11.4 Å². The predicted molar refractivity (Wildman–Crippen MR) is 82.3 cm³/mol. The zero-order valence-corrected chi connectivity index (χ0v) is 11.1. The number of rotatable bonds is 2. The number of allylic oxidation sites excluding steroid dienone is 1. The van der Waals surface area contributed by atoms with Gasteiger partial charge in [0.1, 0.15) is 6.07 Å². The molecule has 3 aromatic rings. The topological polar surface area (TPSA) is 69.5 Å². The summed E-state index contributed by atoms with van der Waals surface area (Å²) in [7, 11) is 0. The van der Waals surface area contributed by atoms with Crippen molar-refractivity contribution in [1.29, 1.82) is 5.26 Å². The van der Waals surface area contributed by atoms with Crippen LogP contribution in [0.3, 0.4) is 0 Å². The smallest absolute Gasteiger partial charge is 0.259 e. The van der Waals surface area contributed by atoms with E-state index in [0.29, 0.717) is 16.5 Å². The van der Waals surface area contributed by atoms with Gasteiger partial charge in [-0.3, -0.25) is 4.79 Å². The molecule has 0 saturated carbocycles. The largest absolute Gasteiger partial charge is 0.305 e. The van der Waals surface area contributed by atoms with E-state index in [1.165, 1.54) is 0 Å². The lowest BCUT2D eigenvalue weighted by Crippen LogP contribution is -2.11. The lowest BCUT2D eigenvalue weighted by Gasteiger charge is -2.02. The molecule has 0 aliphatic rings. The number of aromatic nitrogens is 2. The van der Waals surface area contributed by atoms with Gasteiger partial charge >= 0.3 is 0 Å². The SMILES string of the molecule is N#CC(=Cc1ccccc1)c1nc2ccccc2c(=O)[nH]1. The van der Waals surface area contributed by atoms with Gasteiger partial charge in [-0.1, -0.05) is 42.5 Å². The first-order valence-electron chi connectivity index (χ1n) is 6.44. The third-order valence-electron chi connectivity index (χ3n) is 3.10. The molecule has 0 radical (unpaired) electrons. The molecule has 0 aliphatic carbocycles. The normalized spacial score (nSPS) is 11.3. The molecule has 0 saturated heterocycles. The summed E-state index contributed by atoms with van der Waals surface area (Å²) in [5, 5.41) is 9.84. The average molecular weight is 273 g/mol. The average Bonchev–Trinajstić information content (AvgIpc) is 2.53. The number of fused-ring (bicyclic) bond motifs is 1. The summed E-state index contributed by atoms with van der Waals surface area (Å²) in [6.45, 7) is 0. The number of aromatic amines is 1. The Morgan fingerprint density at radius 1 is 1.10 bits per heavy atom. The van der Waals surface area contributed by atoms with Crippen LogP contribution in [0.2, 0.25) is 0 Å². The van der Waals surface area contributed by atoms with Crippen molar-refractivity contribution in [3.8, 4) is 6.07 Å². The van der Waals surface area contributed by atoms with Crippen molar-refractivity contribution >= 4 is 22.6 Å². The van der Waals surface area contributed by atoms with Gasteiger partial charge in [0.2, 0.25) is 0 Å². The Morgan fingerprint density at radius 2 is 1.81 bits per heavy atom. The van der Waals surface area contributed by atoms with Crippen LogP contribution >= 0.6 is 0 Å². The van der Waals surface area contributed by atoms with Crippen molar-refractivity contribution in [2.24, 2.45) is 0 Å². The highest BCUT2D eigenvalue weighted by Gasteiger charge is 2.07. The molecule has 4 heteroatoms. The van der Waals surface area contributed by atoms with E-state index in [0.717, 1.165) is 5.56 Å². The second-order valence-electron chi connectivity index (χ2n) is 4.51. The van der Waals surface area contributed by atoms with Crippen molar-refractivity contribution in [2.45, 2.75) is 0 Å².